The molecule has 2 unspecified atom stereocenters. The molecule has 23 heavy (non-hydrogen) atoms. The minimum Gasteiger partial charge on any atom is -0.325 e. The Labute approximate surface area is 148 Å². The maximum absolute atomic E-state index is 12.4. The van der Waals surface area contributed by atoms with E-state index in [0.717, 1.165) is 21.3 Å². The van der Waals surface area contributed by atoms with E-state index in [4.69, 9.17) is 11.6 Å². The lowest BCUT2D eigenvalue weighted by molar-refractivity contribution is -0.117. The monoisotopic (exact) mass is 393 g/mol. The van der Waals surface area contributed by atoms with Gasteiger partial charge in [-0.25, -0.2) is 10.9 Å². The quantitative estimate of drug-likeness (QED) is 0.738. The number of aryl methyl sites for hydroxylation is 1. The zero-order valence-electron chi connectivity index (χ0n) is 12.6. The molecule has 0 radical (unpaired) electrons. The van der Waals surface area contributed by atoms with E-state index < -0.39 is 0 Å². The average Bonchev–Trinajstić information content (AvgIpc) is 3.01. The number of anilines is 1. The van der Waals surface area contributed by atoms with E-state index >= 15 is 0 Å². The van der Waals surface area contributed by atoms with Gasteiger partial charge in [-0.15, -0.1) is 0 Å². The predicted molar refractivity (Wildman–Crippen MR) is 96.4 cm³/mol. The minimum absolute atomic E-state index is 0.0195. The second kappa shape index (κ2) is 7.01. The SMILES string of the molecule is Cc1cc(NC(=O)C2CC(c3ccccc3Cl)NN2)ccc1Br. The van der Waals surface area contributed by atoms with Crippen molar-refractivity contribution in [2.75, 3.05) is 5.32 Å². The van der Waals surface area contributed by atoms with Gasteiger partial charge in [0.05, 0.1) is 0 Å². The maximum Gasteiger partial charge on any atom is 0.242 e. The summed E-state index contributed by atoms with van der Waals surface area (Å²) in [6.45, 7) is 1.99. The molecule has 1 saturated heterocycles. The summed E-state index contributed by atoms with van der Waals surface area (Å²) in [5.74, 6) is -0.0613. The van der Waals surface area contributed by atoms with Gasteiger partial charge in [0.2, 0.25) is 5.91 Å². The zero-order valence-corrected chi connectivity index (χ0v) is 14.9. The lowest BCUT2D eigenvalue weighted by atomic mass is 10.0. The molecule has 0 aromatic heterocycles. The molecule has 2 aromatic carbocycles. The van der Waals surface area contributed by atoms with Crippen LogP contribution in [0.3, 0.4) is 0 Å². The lowest BCUT2D eigenvalue weighted by Crippen LogP contribution is -2.39. The minimum atomic E-state index is -0.305. The summed E-state index contributed by atoms with van der Waals surface area (Å²) in [7, 11) is 0. The van der Waals surface area contributed by atoms with Crippen LogP contribution in [0.5, 0.6) is 0 Å². The van der Waals surface area contributed by atoms with Crippen LogP contribution in [-0.4, -0.2) is 11.9 Å². The lowest BCUT2D eigenvalue weighted by Gasteiger charge is -2.12. The number of carbonyl (C=O) groups is 1. The van der Waals surface area contributed by atoms with Gasteiger partial charge in [0, 0.05) is 21.2 Å². The summed E-state index contributed by atoms with van der Waals surface area (Å²) < 4.78 is 1.02. The number of halogens is 2. The van der Waals surface area contributed by atoms with Crippen molar-refractivity contribution < 1.29 is 4.79 Å². The van der Waals surface area contributed by atoms with Gasteiger partial charge in [0.1, 0.15) is 6.04 Å². The number of nitrogens with one attached hydrogen (secondary N) is 3. The van der Waals surface area contributed by atoms with Gasteiger partial charge < -0.3 is 5.32 Å². The highest BCUT2D eigenvalue weighted by atomic mass is 79.9. The molecule has 1 aliphatic rings. The number of hydrazine groups is 1. The normalized spacial score (nSPS) is 20.5. The Kier molecular flexibility index (Phi) is 5.02. The van der Waals surface area contributed by atoms with Crippen LogP contribution in [0.1, 0.15) is 23.6 Å². The van der Waals surface area contributed by atoms with E-state index in [9.17, 15) is 4.79 Å². The number of hydrogen-bond acceptors (Lipinski definition) is 3. The van der Waals surface area contributed by atoms with Gasteiger partial charge >= 0.3 is 0 Å². The fourth-order valence-corrected chi connectivity index (χ4v) is 3.16. The van der Waals surface area contributed by atoms with Gasteiger partial charge in [-0.2, -0.15) is 0 Å². The number of benzene rings is 2. The highest BCUT2D eigenvalue weighted by Crippen LogP contribution is 2.28. The van der Waals surface area contributed by atoms with Gasteiger partial charge in [-0.3, -0.25) is 4.79 Å². The summed E-state index contributed by atoms with van der Waals surface area (Å²) in [6.07, 6.45) is 0.644. The fourth-order valence-electron chi connectivity index (χ4n) is 2.64. The van der Waals surface area contributed by atoms with Crippen LogP contribution in [0.2, 0.25) is 5.02 Å². The molecular weight excluding hydrogens is 378 g/mol. The van der Waals surface area contributed by atoms with Crippen LogP contribution in [0.4, 0.5) is 5.69 Å². The highest BCUT2D eigenvalue weighted by Gasteiger charge is 2.31. The third-order valence-electron chi connectivity index (χ3n) is 3.93. The van der Waals surface area contributed by atoms with Crippen molar-refractivity contribution in [3.63, 3.8) is 0 Å². The molecule has 2 atom stereocenters. The van der Waals surface area contributed by atoms with Crippen molar-refractivity contribution >= 4 is 39.1 Å². The van der Waals surface area contributed by atoms with E-state index in [2.05, 4.69) is 32.1 Å². The van der Waals surface area contributed by atoms with E-state index in [1.807, 2.05) is 49.4 Å². The van der Waals surface area contributed by atoms with Gasteiger partial charge in [-0.1, -0.05) is 45.7 Å². The van der Waals surface area contributed by atoms with Crippen molar-refractivity contribution in [2.24, 2.45) is 0 Å². The number of rotatable bonds is 3. The van der Waals surface area contributed by atoms with E-state index in [-0.39, 0.29) is 18.0 Å². The molecule has 0 spiro atoms. The fraction of sp³-hybridized carbons (Fsp3) is 0.235. The number of amides is 1. The van der Waals surface area contributed by atoms with Crippen LogP contribution >= 0.6 is 27.5 Å². The Balaban J connectivity index is 1.65. The second-order valence-corrected chi connectivity index (χ2v) is 6.87. The van der Waals surface area contributed by atoms with Crippen LogP contribution in [0.25, 0.3) is 0 Å². The topological polar surface area (TPSA) is 53.2 Å². The van der Waals surface area contributed by atoms with Crippen molar-refractivity contribution in [3.8, 4) is 0 Å². The van der Waals surface area contributed by atoms with Crippen LogP contribution in [-0.2, 0) is 4.79 Å². The first-order valence-electron chi connectivity index (χ1n) is 7.37. The summed E-state index contributed by atoms with van der Waals surface area (Å²) >= 11 is 9.68. The molecule has 0 saturated carbocycles. The van der Waals surface area contributed by atoms with Crippen LogP contribution < -0.4 is 16.2 Å². The molecule has 1 aliphatic heterocycles. The molecule has 2 aromatic rings. The predicted octanol–water partition coefficient (Wildman–Crippen LogP) is 3.96. The van der Waals surface area contributed by atoms with Crippen molar-refractivity contribution in [2.45, 2.75) is 25.4 Å². The smallest absolute Gasteiger partial charge is 0.242 e. The van der Waals surface area contributed by atoms with Gasteiger partial charge in [0.25, 0.3) is 0 Å². The standard InChI is InChI=1S/C17H17BrClN3O/c1-10-8-11(6-7-13(10)18)20-17(23)16-9-15(21-22-16)12-4-2-3-5-14(12)19/h2-8,15-16,21-22H,9H2,1H3,(H,20,23). The van der Waals surface area contributed by atoms with Crippen molar-refractivity contribution in [1.82, 2.24) is 10.9 Å². The zero-order chi connectivity index (χ0) is 16.4. The number of hydrogen-bond donors (Lipinski definition) is 3. The first-order chi connectivity index (χ1) is 11.0. The Morgan fingerprint density at radius 1 is 1.26 bits per heavy atom. The Hall–Kier alpha value is -1.40. The molecule has 120 valence electrons. The first-order valence-corrected chi connectivity index (χ1v) is 8.54. The second-order valence-electron chi connectivity index (χ2n) is 5.60. The molecule has 3 rings (SSSR count). The molecule has 6 heteroatoms. The van der Waals surface area contributed by atoms with Gasteiger partial charge in [-0.05, 0) is 48.7 Å². The molecule has 1 fully saturated rings. The Morgan fingerprint density at radius 3 is 2.78 bits per heavy atom. The maximum atomic E-state index is 12.4. The molecule has 1 amide bonds. The number of carbonyl (C=O) groups excluding carboxylic acids is 1. The Bertz CT molecular complexity index is 738. The first kappa shape index (κ1) is 16.5. The molecule has 0 bridgehead atoms. The van der Waals surface area contributed by atoms with E-state index in [0.29, 0.717) is 11.4 Å². The van der Waals surface area contributed by atoms with E-state index in [1.54, 1.807) is 0 Å². The third-order valence-corrected chi connectivity index (χ3v) is 5.16. The van der Waals surface area contributed by atoms with Gasteiger partial charge in [0.15, 0.2) is 0 Å². The summed E-state index contributed by atoms with van der Waals surface area (Å²) in [4.78, 5) is 12.4. The molecule has 4 nitrogen and oxygen atoms in total. The largest absolute Gasteiger partial charge is 0.325 e. The van der Waals surface area contributed by atoms with E-state index in [1.165, 1.54) is 0 Å². The molecule has 0 aliphatic carbocycles. The molecular formula is C17H17BrClN3O. The molecule has 3 N–H and O–H groups in total. The highest BCUT2D eigenvalue weighted by molar-refractivity contribution is 9.10. The summed E-state index contributed by atoms with van der Waals surface area (Å²) in [5, 5.41) is 3.65. The van der Waals surface area contributed by atoms with Crippen molar-refractivity contribution in [1.29, 1.82) is 0 Å². The van der Waals surface area contributed by atoms with Crippen LogP contribution in [0, 0.1) is 6.92 Å². The van der Waals surface area contributed by atoms with Crippen LogP contribution in [0.15, 0.2) is 46.9 Å². The van der Waals surface area contributed by atoms with Crippen molar-refractivity contribution in [3.05, 3.63) is 63.1 Å². The Morgan fingerprint density at radius 2 is 2.04 bits per heavy atom. The third kappa shape index (κ3) is 3.75. The average molecular weight is 395 g/mol. The summed E-state index contributed by atoms with van der Waals surface area (Å²) in [5.41, 5.74) is 9.06. The molecule has 1 heterocycles. The summed E-state index contributed by atoms with van der Waals surface area (Å²) in [6, 6.07) is 13.1.